The lowest BCUT2D eigenvalue weighted by Crippen LogP contribution is -2.22. The highest BCUT2D eigenvalue weighted by Crippen LogP contribution is 1.86. The van der Waals surface area contributed by atoms with Gasteiger partial charge >= 0.3 is 0 Å². The van der Waals surface area contributed by atoms with Crippen LogP contribution in [0.1, 0.15) is 19.8 Å². The minimum Gasteiger partial charge on any atom is -0.412 e. The summed E-state index contributed by atoms with van der Waals surface area (Å²) in [6, 6.07) is 0. The van der Waals surface area contributed by atoms with Gasteiger partial charge in [-0.15, -0.1) is 0 Å². The molecule has 0 aliphatic rings. The molecule has 0 amide bonds. The van der Waals surface area contributed by atoms with Gasteiger partial charge in [0.1, 0.15) is 0 Å². The minimum absolute atomic E-state index is 0. The van der Waals surface area contributed by atoms with E-state index in [0.717, 1.165) is 19.5 Å². The summed E-state index contributed by atoms with van der Waals surface area (Å²) in [5.74, 6) is 0. The van der Waals surface area contributed by atoms with Crippen molar-refractivity contribution in [1.29, 1.82) is 0 Å². The summed E-state index contributed by atoms with van der Waals surface area (Å²) in [4.78, 5) is 2.31. The number of rotatable bonds is 5. The first-order chi connectivity index (χ1) is 4.31. The van der Waals surface area contributed by atoms with Crippen LogP contribution < -0.4 is 5.73 Å². The molecule has 0 spiro atoms. The Morgan fingerprint density at radius 2 is 1.90 bits per heavy atom. The molecule has 0 radical (unpaired) electrons. The van der Waals surface area contributed by atoms with E-state index in [4.69, 9.17) is 5.73 Å². The molecule has 4 N–H and O–H groups in total. The fourth-order valence-electron chi connectivity index (χ4n) is 0.855. The van der Waals surface area contributed by atoms with Gasteiger partial charge in [-0.1, -0.05) is 6.92 Å². The van der Waals surface area contributed by atoms with Crippen molar-refractivity contribution in [2.45, 2.75) is 19.8 Å². The van der Waals surface area contributed by atoms with E-state index in [2.05, 4.69) is 18.9 Å². The van der Waals surface area contributed by atoms with E-state index < -0.39 is 0 Å². The van der Waals surface area contributed by atoms with Gasteiger partial charge in [-0.3, -0.25) is 0 Å². The van der Waals surface area contributed by atoms with Gasteiger partial charge in [0, 0.05) is 0 Å². The summed E-state index contributed by atoms with van der Waals surface area (Å²) < 4.78 is 0. The molecule has 0 heterocycles. The van der Waals surface area contributed by atoms with Crippen LogP contribution in [0.4, 0.5) is 0 Å². The lowest BCUT2D eigenvalue weighted by molar-refractivity contribution is 0.332. The van der Waals surface area contributed by atoms with E-state index in [1.807, 2.05) is 0 Å². The van der Waals surface area contributed by atoms with Crippen molar-refractivity contribution in [3.8, 4) is 0 Å². The standard InChI is InChI=1S/C7H18N2.H2O/c1-3-6-9(2)7-4-5-8;/h3-8H2,1-2H3;1H2. The first kappa shape index (κ1) is 12.5. The van der Waals surface area contributed by atoms with Crippen molar-refractivity contribution in [3.63, 3.8) is 0 Å². The van der Waals surface area contributed by atoms with Gasteiger partial charge in [0.25, 0.3) is 0 Å². The zero-order valence-electron chi connectivity index (χ0n) is 7.06. The molecule has 0 rings (SSSR count). The second-order valence-corrected chi connectivity index (χ2v) is 2.45. The average Bonchev–Trinajstić information content (AvgIpc) is 1.85. The van der Waals surface area contributed by atoms with Crippen LogP contribution >= 0.6 is 0 Å². The summed E-state index contributed by atoms with van der Waals surface area (Å²) in [6.07, 6.45) is 2.36. The van der Waals surface area contributed by atoms with E-state index in [0.29, 0.717) is 0 Å². The Hall–Kier alpha value is -0.120. The van der Waals surface area contributed by atoms with Crippen molar-refractivity contribution >= 4 is 0 Å². The van der Waals surface area contributed by atoms with Gasteiger partial charge in [-0.25, -0.2) is 0 Å². The Kier molecular flexibility index (Phi) is 11.1. The minimum atomic E-state index is 0. The monoisotopic (exact) mass is 148 g/mol. The van der Waals surface area contributed by atoms with Crippen molar-refractivity contribution < 1.29 is 5.48 Å². The maximum atomic E-state index is 5.35. The lowest BCUT2D eigenvalue weighted by atomic mass is 10.3. The normalized spacial score (nSPS) is 9.60. The van der Waals surface area contributed by atoms with Crippen LogP contribution in [0.25, 0.3) is 0 Å². The van der Waals surface area contributed by atoms with Gasteiger partial charge in [0.05, 0.1) is 0 Å². The maximum Gasteiger partial charge on any atom is -0.000977 e. The second kappa shape index (κ2) is 8.88. The summed E-state index contributed by atoms with van der Waals surface area (Å²) in [5.41, 5.74) is 5.35. The van der Waals surface area contributed by atoms with E-state index in [-0.39, 0.29) is 5.48 Å². The van der Waals surface area contributed by atoms with Crippen molar-refractivity contribution in [1.82, 2.24) is 4.90 Å². The van der Waals surface area contributed by atoms with E-state index in [9.17, 15) is 0 Å². The molecule has 3 heteroatoms. The van der Waals surface area contributed by atoms with Crippen LogP contribution in [-0.2, 0) is 0 Å². The van der Waals surface area contributed by atoms with Crippen molar-refractivity contribution in [3.05, 3.63) is 0 Å². The molecule has 0 aromatic rings. The summed E-state index contributed by atoms with van der Waals surface area (Å²) in [6.45, 7) is 5.34. The summed E-state index contributed by atoms with van der Waals surface area (Å²) in [7, 11) is 2.14. The van der Waals surface area contributed by atoms with Crippen LogP contribution in [0, 0.1) is 0 Å². The van der Waals surface area contributed by atoms with Crippen LogP contribution in [-0.4, -0.2) is 37.1 Å². The number of nitrogens with two attached hydrogens (primary N) is 1. The Bertz CT molecular complexity index is 59.6. The lowest BCUT2D eigenvalue weighted by Gasteiger charge is -2.13. The number of nitrogens with zero attached hydrogens (tertiary/aromatic N) is 1. The van der Waals surface area contributed by atoms with Gasteiger partial charge < -0.3 is 16.1 Å². The van der Waals surface area contributed by atoms with Gasteiger partial charge in [0.15, 0.2) is 0 Å². The number of hydrogen-bond acceptors (Lipinski definition) is 2. The maximum absolute atomic E-state index is 5.35. The SMILES string of the molecule is CCCN(C)CCCN.O. The predicted octanol–water partition coefficient (Wildman–Crippen LogP) is -0.148. The van der Waals surface area contributed by atoms with Crippen LogP contribution in [0.3, 0.4) is 0 Å². The van der Waals surface area contributed by atoms with Crippen LogP contribution in [0.2, 0.25) is 0 Å². The van der Waals surface area contributed by atoms with Gasteiger partial charge in [-0.2, -0.15) is 0 Å². The smallest absolute Gasteiger partial charge is 0.000977 e. The average molecular weight is 148 g/mol. The molecule has 0 saturated heterocycles. The zero-order chi connectivity index (χ0) is 7.11. The predicted molar refractivity (Wildman–Crippen MR) is 45.1 cm³/mol. The van der Waals surface area contributed by atoms with Gasteiger partial charge in [0.2, 0.25) is 0 Å². The Morgan fingerprint density at radius 3 is 2.30 bits per heavy atom. The van der Waals surface area contributed by atoms with E-state index >= 15 is 0 Å². The highest BCUT2D eigenvalue weighted by atomic mass is 16.0. The van der Waals surface area contributed by atoms with Crippen molar-refractivity contribution in [2.75, 3.05) is 26.7 Å². The molecule has 64 valence electrons. The Morgan fingerprint density at radius 1 is 1.30 bits per heavy atom. The molecule has 0 atom stereocenters. The van der Waals surface area contributed by atoms with Crippen LogP contribution in [0.15, 0.2) is 0 Å². The Labute approximate surface area is 63.5 Å². The second-order valence-electron chi connectivity index (χ2n) is 2.45. The van der Waals surface area contributed by atoms with Crippen molar-refractivity contribution in [2.24, 2.45) is 5.73 Å². The molecule has 0 aromatic heterocycles. The molecule has 0 aromatic carbocycles. The quantitative estimate of drug-likeness (QED) is 0.589. The topological polar surface area (TPSA) is 60.8 Å². The Balaban J connectivity index is 0. The molecule has 3 nitrogen and oxygen atoms in total. The third kappa shape index (κ3) is 7.88. The molecular weight excluding hydrogens is 128 g/mol. The molecule has 0 aliphatic heterocycles. The first-order valence-electron chi connectivity index (χ1n) is 3.70. The van der Waals surface area contributed by atoms with E-state index in [1.54, 1.807) is 0 Å². The highest BCUT2D eigenvalue weighted by molar-refractivity contribution is 4.49. The third-order valence-corrected chi connectivity index (χ3v) is 1.35. The fourth-order valence-corrected chi connectivity index (χ4v) is 0.855. The molecular formula is C7H20N2O. The number of hydrogen-bond donors (Lipinski definition) is 1. The molecule has 0 bridgehead atoms. The molecule has 0 fully saturated rings. The van der Waals surface area contributed by atoms with E-state index in [1.165, 1.54) is 13.0 Å². The molecule has 0 saturated carbocycles. The third-order valence-electron chi connectivity index (χ3n) is 1.35. The first-order valence-corrected chi connectivity index (χ1v) is 3.70. The van der Waals surface area contributed by atoms with Gasteiger partial charge in [-0.05, 0) is 39.5 Å². The summed E-state index contributed by atoms with van der Waals surface area (Å²) in [5, 5.41) is 0. The largest absolute Gasteiger partial charge is 0.412 e. The fraction of sp³-hybridized carbons (Fsp3) is 1.00. The zero-order valence-corrected chi connectivity index (χ0v) is 7.06. The molecule has 0 unspecified atom stereocenters. The van der Waals surface area contributed by atoms with Crippen LogP contribution in [0.5, 0.6) is 0 Å². The highest BCUT2D eigenvalue weighted by Gasteiger charge is 1.92. The summed E-state index contributed by atoms with van der Waals surface area (Å²) >= 11 is 0. The molecule has 10 heavy (non-hydrogen) atoms. The molecule has 0 aliphatic carbocycles.